The molecule has 0 fully saturated rings. The van der Waals surface area contributed by atoms with Crippen LogP contribution in [0.25, 0.3) is 5.69 Å². The van der Waals surface area contributed by atoms with Gasteiger partial charge in [0.05, 0.1) is 5.69 Å². The Bertz CT molecular complexity index is 890. The number of aromatic nitrogens is 2. The molecule has 134 valence electrons. The van der Waals surface area contributed by atoms with E-state index in [1.165, 1.54) is 0 Å². The molecule has 0 saturated heterocycles. The van der Waals surface area contributed by atoms with Crippen LogP contribution in [0.1, 0.15) is 21.5 Å². The molecule has 6 heteroatoms. The van der Waals surface area contributed by atoms with Gasteiger partial charge in [0.1, 0.15) is 0 Å². The standard InChI is InChI=1S/C20H21N3O2S/c1-26(25)15-17-4-2-5-18(14-17)20(24)21-12-10-16-6-8-19(9-7-16)23-13-3-11-22-23/h2-9,11,13-14H,10,12,15H2,1H3,(H,21,24). The summed E-state index contributed by atoms with van der Waals surface area (Å²) in [4.78, 5) is 12.3. The highest BCUT2D eigenvalue weighted by Crippen LogP contribution is 2.10. The van der Waals surface area contributed by atoms with Crippen molar-refractivity contribution in [2.24, 2.45) is 0 Å². The van der Waals surface area contributed by atoms with Crippen molar-refractivity contribution in [1.82, 2.24) is 15.1 Å². The lowest BCUT2D eigenvalue weighted by Gasteiger charge is -2.08. The first-order valence-corrected chi connectivity index (χ1v) is 10.1. The van der Waals surface area contributed by atoms with E-state index >= 15 is 0 Å². The molecule has 26 heavy (non-hydrogen) atoms. The third-order valence-corrected chi connectivity index (χ3v) is 4.70. The molecule has 0 radical (unpaired) electrons. The Morgan fingerprint density at radius 2 is 1.92 bits per heavy atom. The number of nitrogens with zero attached hydrogens (tertiary/aromatic N) is 2. The summed E-state index contributed by atoms with van der Waals surface area (Å²) in [6.45, 7) is 0.559. The number of amides is 1. The molecule has 1 unspecified atom stereocenters. The number of carbonyl (C=O) groups excluding carboxylic acids is 1. The first-order valence-electron chi connectivity index (χ1n) is 8.38. The lowest BCUT2D eigenvalue weighted by molar-refractivity contribution is 0.0954. The van der Waals surface area contributed by atoms with Crippen molar-refractivity contribution in [2.75, 3.05) is 12.8 Å². The summed E-state index contributed by atoms with van der Waals surface area (Å²) in [5, 5.41) is 7.14. The van der Waals surface area contributed by atoms with Gasteiger partial charge in [-0.3, -0.25) is 9.00 Å². The molecule has 0 spiro atoms. The van der Waals surface area contributed by atoms with Gasteiger partial charge in [-0.05, 0) is 47.9 Å². The monoisotopic (exact) mass is 367 g/mol. The Morgan fingerprint density at radius 3 is 2.62 bits per heavy atom. The summed E-state index contributed by atoms with van der Waals surface area (Å²) in [5.74, 6) is 0.353. The molecule has 5 nitrogen and oxygen atoms in total. The lowest BCUT2D eigenvalue weighted by Crippen LogP contribution is -2.25. The summed E-state index contributed by atoms with van der Waals surface area (Å²) < 4.78 is 13.1. The summed E-state index contributed by atoms with van der Waals surface area (Å²) in [7, 11) is -0.919. The van der Waals surface area contributed by atoms with Crippen molar-refractivity contribution >= 4 is 16.7 Å². The van der Waals surface area contributed by atoms with Crippen LogP contribution in [0, 0.1) is 0 Å². The zero-order chi connectivity index (χ0) is 18.4. The largest absolute Gasteiger partial charge is 0.352 e. The molecule has 1 N–H and O–H groups in total. The smallest absolute Gasteiger partial charge is 0.251 e. The van der Waals surface area contributed by atoms with E-state index in [1.807, 2.05) is 53.3 Å². The van der Waals surface area contributed by atoms with Crippen molar-refractivity contribution in [3.05, 3.63) is 83.7 Å². The van der Waals surface area contributed by atoms with Gasteiger partial charge < -0.3 is 5.32 Å². The van der Waals surface area contributed by atoms with Gasteiger partial charge in [-0.15, -0.1) is 0 Å². The number of nitrogens with one attached hydrogen (secondary N) is 1. The molecule has 3 rings (SSSR count). The third-order valence-electron chi connectivity index (χ3n) is 3.96. The molecule has 1 amide bonds. The van der Waals surface area contributed by atoms with Crippen LogP contribution in [-0.2, 0) is 23.0 Å². The quantitative estimate of drug-likeness (QED) is 0.698. The van der Waals surface area contributed by atoms with E-state index in [4.69, 9.17) is 0 Å². The van der Waals surface area contributed by atoms with E-state index < -0.39 is 10.8 Å². The van der Waals surface area contributed by atoms with Crippen LogP contribution in [0.15, 0.2) is 67.0 Å². The molecule has 0 aliphatic heterocycles. The van der Waals surface area contributed by atoms with Crippen molar-refractivity contribution in [3.63, 3.8) is 0 Å². The van der Waals surface area contributed by atoms with Crippen LogP contribution in [0.2, 0.25) is 0 Å². The van der Waals surface area contributed by atoms with Gasteiger partial charge in [-0.25, -0.2) is 4.68 Å². The van der Waals surface area contributed by atoms with E-state index in [0.717, 1.165) is 23.2 Å². The maximum atomic E-state index is 12.3. The van der Waals surface area contributed by atoms with E-state index in [1.54, 1.807) is 24.6 Å². The van der Waals surface area contributed by atoms with Crippen LogP contribution in [0.5, 0.6) is 0 Å². The number of rotatable bonds is 7. The maximum Gasteiger partial charge on any atom is 0.251 e. The Kier molecular flexibility index (Phi) is 5.96. The molecule has 1 atom stereocenters. The maximum absolute atomic E-state index is 12.3. The Hall–Kier alpha value is -2.73. The summed E-state index contributed by atoms with van der Waals surface area (Å²) in [6, 6.07) is 17.3. The van der Waals surface area contributed by atoms with Crippen molar-refractivity contribution in [3.8, 4) is 5.69 Å². The minimum absolute atomic E-state index is 0.109. The molecule has 0 aliphatic carbocycles. The van der Waals surface area contributed by atoms with Crippen molar-refractivity contribution in [1.29, 1.82) is 0 Å². The van der Waals surface area contributed by atoms with E-state index in [0.29, 0.717) is 17.9 Å². The molecular weight excluding hydrogens is 346 g/mol. The predicted molar refractivity (Wildman–Crippen MR) is 104 cm³/mol. The van der Waals surface area contributed by atoms with Crippen LogP contribution in [0.4, 0.5) is 0 Å². The summed E-state index contributed by atoms with van der Waals surface area (Å²) in [6.07, 6.45) is 6.06. The van der Waals surface area contributed by atoms with Gasteiger partial charge in [0.15, 0.2) is 0 Å². The van der Waals surface area contributed by atoms with Gasteiger partial charge in [0.2, 0.25) is 0 Å². The van der Waals surface area contributed by atoms with E-state index in [9.17, 15) is 9.00 Å². The highest BCUT2D eigenvalue weighted by Gasteiger charge is 2.07. The number of hydrogen-bond donors (Lipinski definition) is 1. The number of benzene rings is 2. The normalized spacial score (nSPS) is 11.9. The fourth-order valence-electron chi connectivity index (χ4n) is 2.70. The molecule has 1 aromatic heterocycles. The Morgan fingerprint density at radius 1 is 1.12 bits per heavy atom. The van der Waals surface area contributed by atoms with Crippen LogP contribution < -0.4 is 5.32 Å². The summed E-state index contributed by atoms with van der Waals surface area (Å²) >= 11 is 0. The molecule has 0 saturated carbocycles. The average Bonchev–Trinajstić information content (AvgIpc) is 3.16. The molecule has 1 heterocycles. The SMILES string of the molecule is CS(=O)Cc1cccc(C(=O)NCCc2ccc(-n3cccn3)cc2)c1. The fraction of sp³-hybridized carbons (Fsp3) is 0.200. The van der Waals surface area contributed by atoms with Gasteiger partial charge >= 0.3 is 0 Å². The minimum Gasteiger partial charge on any atom is -0.352 e. The van der Waals surface area contributed by atoms with Crippen LogP contribution in [0.3, 0.4) is 0 Å². The lowest BCUT2D eigenvalue weighted by atomic mass is 10.1. The highest BCUT2D eigenvalue weighted by molar-refractivity contribution is 7.83. The van der Waals surface area contributed by atoms with Gasteiger partial charge in [-0.2, -0.15) is 5.10 Å². The first kappa shape index (κ1) is 18.1. The fourth-order valence-corrected chi connectivity index (χ4v) is 3.35. The Labute approximate surface area is 155 Å². The van der Waals surface area contributed by atoms with Crippen LogP contribution >= 0.6 is 0 Å². The van der Waals surface area contributed by atoms with E-state index in [2.05, 4.69) is 10.4 Å². The van der Waals surface area contributed by atoms with Gasteiger partial charge in [-0.1, -0.05) is 24.3 Å². The third kappa shape index (κ3) is 4.89. The van der Waals surface area contributed by atoms with E-state index in [-0.39, 0.29) is 5.91 Å². The second-order valence-electron chi connectivity index (χ2n) is 6.04. The zero-order valence-electron chi connectivity index (χ0n) is 14.6. The average molecular weight is 367 g/mol. The molecule has 3 aromatic rings. The topological polar surface area (TPSA) is 64.0 Å². The van der Waals surface area contributed by atoms with Crippen molar-refractivity contribution < 1.29 is 9.00 Å². The molecular formula is C20H21N3O2S. The second kappa shape index (κ2) is 8.58. The molecule has 2 aromatic carbocycles. The molecule has 0 aliphatic rings. The minimum atomic E-state index is -0.919. The zero-order valence-corrected chi connectivity index (χ0v) is 15.4. The number of hydrogen-bond acceptors (Lipinski definition) is 3. The predicted octanol–water partition coefficient (Wildman–Crippen LogP) is 2.72. The Balaban J connectivity index is 1.53. The van der Waals surface area contributed by atoms with Gasteiger partial charge in [0.25, 0.3) is 5.91 Å². The first-order chi connectivity index (χ1) is 12.6. The summed E-state index contributed by atoms with van der Waals surface area (Å²) in [5.41, 5.74) is 3.67. The molecule has 0 bridgehead atoms. The second-order valence-corrected chi connectivity index (χ2v) is 7.48. The highest BCUT2D eigenvalue weighted by atomic mass is 32.2. The van der Waals surface area contributed by atoms with Crippen LogP contribution in [-0.4, -0.2) is 32.7 Å². The number of carbonyl (C=O) groups is 1. The van der Waals surface area contributed by atoms with Crippen molar-refractivity contribution in [2.45, 2.75) is 12.2 Å². The van der Waals surface area contributed by atoms with Gasteiger partial charge in [0, 0.05) is 47.3 Å².